The number of aromatic nitrogens is 1. The Bertz CT molecular complexity index is 627. The second-order valence-corrected chi connectivity index (χ2v) is 7.26. The maximum absolute atomic E-state index is 12.3. The van der Waals surface area contributed by atoms with Crippen LogP contribution in [0.2, 0.25) is 0 Å². The van der Waals surface area contributed by atoms with Crippen molar-refractivity contribution in [1.82, 2.24) is 9.88 Å². The fraction of sp³-hybridized carbons (Fsp3) is 0.615. The second-order valence-electron chi connectivity index (χ2n) is 5.70. The SMILES string of the molecule is NS(=O)(=O)c1cc(C(=O)NC2CCC2)n(C2CCC2)c1. The van der Waals surface area contributed by atoms with Gasteiger partial charge in [0.1, 0.15) is 10.6 Å². The van der Waals surface area contributed by atoms with Gasteiger partial charge < -0.3 is 9.88 Å². The van der Waals surface area contributed by atoms with Gasteiger partial charge in [-0.15, -0.1) is 0 Å². The van der Waals surface area contributed by atoms with E-state index in [0.717, 1.165) is 38.5 Å². The Kier molecular flexibility index (Phi) is 3.33. The number of rotatable bonds is 4. The predicted octanol–water partition coefficient (Wildman–Crippen LogP) is 1.14. The number of carbonyl (C=O) groups excluding carboxylic acids is 1. The van der Waals surface area contributed by atoms with Gasteiger partial charge in [-0.3, -0.25) is 4.79 Å². The van der Waals surface area contributed by atoms with Gasteiger partial charge in [-0.2, -0.15) is 0 Å². The van der Waals surface area contributed by atoms with Gasteiger partial charge in [0.2, 0.25) is 10.0 Å². The summed E-state index contributed by atoms with van der Waals surface area (Å²) in [6.07, 6.45) is 7.68. The number of hydrogen-bond acceptors (Lipinski definition) is 3. The molecule has 20 heavy (non-hydrogen) atoms. The van der Waals surface area contributed by atoms with E-state index in [1.165, 1.54) is 12.3 Å². The Morgan fingerprint density at radius 2 is 1.90 bits per heavy atom. The lowest BCUT2D eigenvalue weighted by atomic mass is 9.92. The molecule has 0 aliphatic heterocycles. The molecule has 1 amide bonds. The third-order valence-corrected chi connectivity index (χ3v) is 5.17. The normalized spacial score (nSPS) is 20.2. The summed E-state index contributed by atoms with van der Waals surface area (Å²) in [4.78, 5) is 12.3. The summed E-state index contributed by atoms with van der Waals surface area (Å²) < 4.78 is 24.7. The maximum atomic E-state index is 12.3. The smallest absolute Gasteiger partial charge is 0.268 e. The van der Waals surface area contributed by atoms with E-state index in [2.05, 4.69) is 5.32 Å². The number of nitrogens with one attached hydrogen (secondary N) is 1. The number of carbonyl (C=O) groups is 1. The minimum atomic E-state index is -3.78. The molecule has 2 aliphatic carbocycles. The molecule has 110 valence electrons. The number of sulfonamides is 1. The van der Waals surface area contributed by atoms with E-state index in [-0.39, 0.29) is 22.9 Å². The van der Waals surface area contributed by atoms with Crippen LogP contribution in [0.3, 0.4) is 0 Å². The third-order valence-electron chi connectivity index (χ3n) is 4.29. The molecule has 2 aliphatic rings. The molecule has 1 heterocycles. The van der Waals surface area contributed by atoms with E-state index >= 15 is 0 Å². The van der Waals surface area contributed by atoms with Crippen molar-refractivity contribution in [2.75, 3.05) is 0 Å². The first kappa shape index (κ1) is 13.6. The summed E-state index contributed by atoms with van der Waals surface area (Å²) in [5.41, 5.74) is 0.408. The number of nitrogens with zero attached hydrogens (tertiary/aromatic N) is 1. The summed E-state index contributed by atoms with van der Waals surface area (Å²) in [6.45, 7) is 0. The molecular formula is C13H19N3O3S. The van der Waals surface area contributed by atoms with E-state index in [1.54, 1.807) is 4.57 Å². The molecule has 1 aromatic rings. The zero-order chi connectivity index (χ0) is 14.3. The number of primary sulfonamides is 1. The van der Waals surface area contributed by atoms with Gasteiger partial charge in [0.05, 0.1) is 0 Å². The summed E-state index contributed by atoms with van der Waals surface area (Å²) in [5.74, 6) is -0.198. The van der Waals surface area contributed by atoms with Crippen molar-refractivity contribution in [3.05, 3.63) is 18.0 Å². The van der Waals surface area contributed by atoms with Crippen molar-refractivity contribution in [3.8, 4) is 0 Å². The molecule has 0 bridgehead atoms. The van der Waals surface area contributed by atoms with Crippen LogP contribution < -0.4 is 10.5 Å². The Labute approximate surface area is 118 Å². The summed E-state index contributed by atoms with van der Waals surface area (Å²) in [5, 5.41) is 8.11. The van der Waals surface area contributed by atoms with E-state index < -0.39 is 10.0 Å². The van der Waals surface area contributed by atoms with Crippen molar-refractivity contribution >= 4 is 15.9 Å². The summed E-state index contributed by atoms with van der Waals surface area (Å²) in [7, 11) is -3.78. The van der Waals surface area contributed by atoms with Crippen LogP contribution in [-0.2, 0) is 10.0 Å². The molecule has 0 aromatic carbocycles. The third kappa shape index (κ3) is 2.47. The largest absolute Gasteiger partial charge is 0.348 e. The number of hydrogen-bond donors (Lipinski definition) is 2. The van der Waals surface area contributed by atoms with Gasteiger partial charge in [-0.05, 0) is 44.6 Å². The zero-order valence-corrected chi connectivity index (χ0v) is 12.0. The molecule has 0 saturated heterocycles. The van der Waals surface area contributed by atoms with Gasteiger partial charge in [0.15, 0.2) is 0 Å². The topological polar surface area (TPSA) is 94.2 Å². The van der Waals surface area contributed by atoms with E-state index in [1.807, 2.05) is 0 Å². The van der Waals surface area contributed by atoms with Crippen LogP contribution in [0.5, 0.6) is 0 Å². The molecule has 2 fully saturated rings. The fourth-order valence-electron chi connectivity index (χ4n) is 2.57. The first-order valence-corrected chi connectivity index (χ1v) is 8.55. The highest BCUT2D eigenvalue weighted by atomic mass is 32.2. The Balaban J connectivity index is 1.90. The average molecular weight is 297 g/mol. The molecule has 0 unspecified atom stereocenters. The molecule has 7 heteroatoms. The van der Waals surface area contributed by atoms with Crippen molar-refractivity contribution in [3.63, 3.8) is 0 Å². The molecular weight excluding hydrogens is 278 g/mol. The second kappa shape index (κ2) is 4.89. The van der Waals surface area contributed by atoms with Gasteiger partial charge in [0, 0.05) is 18.3 Å². The van der Waals surface area contributed by atoms with E-state index in [0.29, 0.717) is 5.69 Å². The molecule has 1 aromatic heterocycles. The molecule has 0 spiro atoms. The first-order chi connectivity index (χ1) is 9.45. The first-order valence-electron chi connectivity index (χ1n) is 7.00. The highest BCUT2D eigenvalue weighted by molar-refractivity contribution is 7.89. The van der Waals surface area contributed by atoms with E-state index in [9.17, 15) is 13.2 Å². The van der Waals surface area contributed by atoms with E-state index in [4.69, 9.17) is 5.14 Å². The number of amides is 1. The lowest BCUT2D eigenvalue weighted by molar-refractivity contribution is 0.0901. The standard InChI is InChI=1S/C13H19N3O3S/c14-20(18,19)11-7-12(13(17)15-9-3-1-4-9)16(8-11)10-5-2-6-10/h7-10H,1-6H2,(H,15,17)(H2,14,18,19). The van der Waals surface area contributed by atoms with Crippen LogP contribution in [0.4, 0.5) is 0 Å². The number of nitrogens with two attached hydrogens (primary N) is 1. The maximum Gasteiger partial charge on any atom is 0.268 e. The molecule has 0 atom stereocenters. The van der Waals surface area contributed by atoms with Crippen molar-refractivity contribution in [1.29, 1.82) is 0 Å². The zero-order valence-electron chi connectivity index (χ0n) is 11.2. The molecule has 3 N–H and O–H groups in total. The minimum Gasteiger partial charge on any atom is -0.348 e. The Hall–Kier alpha value is -1.34. The summed E-state index contributed by atoms with van der Waals surface area (Å²) in [6, 6.07) is 1.83. The van der Waals surface area contributed by atoms with Gasteiger partial charge >= 0.3 is 0 Å². The Morgan fingerprint density at radius 1 is 1.25 bits per heavy atom. The average Bonchev–Trinajstić information content (AvgIpc) is 2.65. The monoisotopic (exact) mass is 297 g/mol. The van der Waals surface area contributed by atoms with Crippen LogP contribution in [-0.4, -0.2) is 24.9 Å². The predicted molar refractivity (Wildman–Crippen MR) is 73.8 cm³/mol. The minimum absolute atomic E-state index is 0.0168. The molecule has 0 radical (unpaired) electrons. The lowest BCUT2D eigenvalue weighted by Crippen LogP contribution is -2.40. The van der Waals surface area contributed by atoms with Crippen LogP contribution in [0.25, 0.3) is 0 Å². The van der Waals surface area contributed by atoms with Crippen molar-refractivity contribution in [2.24, 2.45) is 5.14 Å². The van der Waals surface area contributed by atoms with Gasteiger partial charge in [-0.1, -0.05) is 0 Å². The molecule has 6 nitrogen and oxygen atoms in total. The quantitative estimate of drug-likeness (QED) is 0.872. The molecule has 3 rings (SSSR count). The lowest BCUT2D eigenvalue weighted by Gasteiger charge is -2.30. The fourth-order valence-corrected chi connectivity index (χ4v) is 3.11. The van der Waals surface area contributed by atoms with Crippen LogP contribution in [0.15, 0.2) is 17.2 Å². The Morgan fingerprint density at radius 3 is 2.35 bits per heavy atom. The van der Waals surface area contributed by atoms with Gasteiger partial charge in [-0.25, -0.2) is 13.6 Å². The van der Waals surface area contributed by atoms with Crippen LogP contribution in [0, 0.1) is 0 Å². The van der Waals surface area contributed by atoms with Crippen molar-refractivity contribution in [2.45, 2.75) is 55.5 Å². The highest BCUT2D eigenvalue weighted by Gasteiger charge is 2.28. The molecule has 2 saturated carbocycles. The van der Waals surface area contributed by atoms with Gasteiger partial charge in [0.25, 0.3) is 5.91 Å². The highest BCUT2D eigenvalue weighted by Crippen LogP contribution is 2.34. The summed E-state index contributed by atoms with van der Waals surface area (Å²) >= 11 is 0. The van der Waals surface area contributed by atoms with Crippen LogP contribution >= 0.6 is 0 Å². The van der Waals surface area contributed by atoms with Crippen LogP contribution in [0.1, 0.15) is 55.1 Å². The van der Waals surface area contributed by atoms with Crippen molar-refractivity contribution < 1.29 is 13.2 Å².